The Balaban J connectivity index is 1.79. The smallest absolute Gasteiger partial charge is 0.363 e. The van der Waals surface area contributed by atoms with Crippen molar-refractivity contribution in [3.8, 4) is 6.07 Å². The third kappa shape index (κ3) is 5.22. The van der Waals surface area contributed by atoms with E-state index in [1.54, 1.807) is 13.1 Å². The Morgan fingerprint density at radius 3 is 2.68 bits per heavy atom. The van der Waals surface area contributed by atoms with Crippen LogP contribution >= 0.6 is 0 Å². The van der Waals surface area contributed by atoms with Gasteiger partial charge < -0.3 is 4.90 Å². The normalized spacial score (nSPS) is 18.5. The number of rotatable bonds is 7. The predicted molar refractivity (Wildman–Crippen MR) is 118 cm³/mol. The highest BCUT2D eigenvalue weighted by molar-refractivity contribution is 5.63. The summed E-state index contributed by atoms with van der Waals surface area (Å²) < 4.78 is 54.7. The van der Waals surface area contributed by atoms with Crippen molar-refractivity contribution >= 4 is 12.1 Å². The van der Waals surface area contributed by atoms with E-state index in [0.717, 1.165) is 11.8 Å². The van der Waals surface area contributed by atoms with E-state index in [-0.39, 0.29) is 18.0 Å². The third-order valence-corrected chi connectivity index (χ3v) is 6.00. The third-order valence-electron chi connectivity index (χ3n) is 6.00. The Bertz CT molecular complexity index is 1100. The molecule has 0 bridgehead atoms. The van der Waals surface area contributed by atoms with Crippen molar-refractivity contribution in [2.45, 2.75) is 45.5 Å². The van der Waals surface area contributed by atoms with Crippen molar-refractivity contribution in [2.24, 2.45) is 0 Å². The number of benzene rings is 1. The van der Waals surface area contributed by atoms with Gasteiger partial charge in [0.25, 0.3) is 0 Å². The van der Waals surface area contributed by atoms with Gasteiger partial charge in [0.15, 0.2) is 5.82 Å². The average molecular weight is 478 g/mol. The maximum atomic E-state index is 14.5. The fraction of sp³-hybridized carbons (Fsp3) is 0.435. The summed E-state index contributed by atoms with van der Waals surface area (Å²) in [6, 6.07) is 4.24. The minimum atomic E-state index is -4.59. The summed E-state index contributed by atoms with van der Waals surface area (Å²) >= 11 is 0. The van der Waals surface area contributed by atoms with Gasteiger partial charge in [0.2, 0.25) is 6.41 Å². The molecule has 182 valence electrons. The Labute approximate surface area is 195 Å². The van der Waals surface area contributed by atoms with Gasteiger partial charge in [-0.3, -0.25) is 15.1 Å². The monoisotopic (exact) mass is 478 g/mol. The number of hydrogen-bond acceptors (Lipinski definition) is 5. The number of carbonyl (C=O) groups is 1. The van der Waals surface area contributed by atoms with E-state index in [1.165, 1.54) is 10.7 Å². The maximum Gasteiger partial charge on any atom is 0.416 e. The number of aromatic nitrogens is 2. The summed E-state index contributed by atoms with van der Waals surface area (Å²) in [6.45, 7) is 7.23. The fourth-order valence-electron chi connectivity index (χ4n) is 4.29. The number of alkyl halides is 3. The summed E-state index contributed by atoms with van der Waals surface area (Å²) in [6.07, 6.45) is -0.518. The fourth-order valence-corrected chi connectivity index (χ4v) is 4.29. The molecule has 1 aromatic heterocycles. The van der Waals surface area contributed by atoms with E-state index in [9.17, 15) is 22.4 Å². The highest BCUT2D eigenvalue weighted by Crippen LogP contribution is 2.34. The van der Waals surface area contributed by atoms with Crippen LogP contribution in [0, 0.1) is 17.1 Å². The largest absolute Gasteiger partial charge is 0.416 e. The van der Waals surface area contributed by atoms with Crippen LogP contribution < -0.4 is 5.43 Å². The number of amides is 1. The molecule has 11 heteroatoms. The molecule has 0 saturated carbocycles. The van der Waals surface area contributed by atoms with E-state index in [2.05, 4.69) is 15.3 Å². The van der Waals surface area contributed by atoms with Crippen LogP contribution in [-0.2, 0) is 17.4 Å². The van der Waals surface area contributed by atoms with E-state index >= 15 is 0 Å². The van der Waals surface area contributed by atoms with Crippen LogP contribution in [0.4, 0.5) is 17.6 Å². The van der Waals surface area contributed by atoms with E-state index in [0.29, 0.717) is 43.6 Å². The van der Waals surface area contributed by atoms with Gasteiger partial charge in [-0.2, -0.15) is 18.4 Å². The zero-order valence-electron chi connectivity index (χ0n) is 19.1. The summed E-state index contributed by atoms with van der Waals surface area (Å²) in [4.78, 5) is 19.7. The molecule has 1 aliphatic heterocycles. The Kier molecular flexibility index (Phi) is 7.61. The number of nitriles is 1. The van der Waals surface area contributed by atoms with Crippen molar-refractivity contribution in [1.29, 1.82) is 5.26 Å². The number of allylic oxidation sites excluding steroid dienone is 1. The molecule has 1 aliphatic rings. The van der Waals surface area contributed by atoms with E-state index in [1.807, 2.05) is 30.9 Å². The molecule has 3 rings (SSSR count). The van der Waals surface area contributed by atoms with Crippen molar-refractivity contribution < 1.29 is 22.4 Å². The Morgan fingerprint density at radius 2 is 2.12 bits per heavy atom. The molecule has 1 N–H and O–H groups in total. The number of carbonyl (C=O) groups excluding carboxylic acids is 1. The molecule has 34 heavy (non-hydrogen) atoms. The highest BCUT2D eigenvalue weighted by Gasteiger charge is 2.34. The van der Waals surface area contributed by atoms with Gasteiger partial charge >= 0.3 is 6.18 Å². The Morgan fingerprint density at radius 1 is 1.38 bits per heavy atom. The minimum Gasteiger partial charge on any atom is -0.363 e. The number of nitrogens with zero attached hydrogens (tertiary/aromatic N) is 5. The molecule has 1 fully saturated rings. The van der Waals surface area contributed by atoms with Gasteiger partial charge in [-0.15, -0.1) is 0 Å². The number of nitrogens with one attached hydrogen (secondary N) is 1. The van der Waals surface area contributed by atoms with E-state index in [4.69, 9.17) is 5.26 Å². The van der Waals surface area contributed by atoms with Crippen LogP contribution in [0.25, 0.3) is 5.70 Å². The quantitative estimate of drug-likeness (QED) is 0.482. The first-order chi connectivity index (χ1) is 16.1. The van der Waals surface area contributed by atoms with Gasteiger partial charge in [-0.25, -0.2) is 14.1 Å². The first-order valence-corrected chi connectivity index (χ1v) is 10.8. The first kappa shape index (κ1) is 25.2. The lowest BCUT2D eigenvalue weighted by Gasteiger charge is -2.44. The molecule has 2 heterocycles. The standard InChI is InChI=1S/C23H26F4N6O/c1-4-21(22-30-18(7-8-28)13-33(22)29-14-34)32-10-9-31(12-15(32)2)16(3)19-6-5-17(11-20(19)24)23(25,26)27/h4-6,11,13-16H,7,9-10,12H2,1-3H3,(H,29,34)/b21-4+. The second-order valence-electron chi connectivity index (χ2n) is 8.13. The van der Waals surface area contributed by atoms with Crippen molar-refractivity contribution in [1.82, 2.24) is 19.5 Å². The molecule has 0 spiro atoms. The predicted octanol–water partition coefficient (Wildman–Crippen LogP) is 3.94. The van der Waals surface area contributed by atoms with Crippen molar-refractivity contribution in [3.05, 3.63) is 58.9 Å². The summed E-state index contributed by atoms with van der Waals surface area (Å²) in [5.74, 6) is -0.388. The average Bonchev–Trinajstić information content (AvgIpc) is 3.16. The SMILES string of the molecule is C/C=C(\c1nc(CC#N)cn1NC=O)N1CCN(C(C)c2ccc(C(F)(F)F)cc2F)CC1C. The molecule has 1 saturated heterocycles. The van der Waals surface area contributed by atoms with Crippen LogP contribution in [-0.4, -0.2) is 51.5 Å². The summed E-state index contributed by atoms with van der Waals surface area (Å²) in [5, 5.41) is 8.98. The van der Waals surface area contributed by atoms with Crippen LogP contribution in [0.2, 0.25) is 0 Å². The van der Waals surface area contributed by atoms with Crippen LogP contribution in [0.1, 0.15) is 49.5 Å². The minimum absolute atomic E-state index is 0.0410. The van der Waals surface area contributed by atoms with Crippen LogP contribution in [0.3, 0.4) is 0 Å². The van der Waals surface area contributed by atoms with Crippen LogP contribution in [0.5, 0.6) is 0 Å². The molecule has 0 radical (unpaired) electrons. The zero-order chi connectivity index (χ0) is 25.0. The van der Waals surface area contributed by atoms with E-state index < -0.39 is 23.6 Å². The van der Waals surface area contributed by atoms with Gasteiger partial charge in [0.05, 0.1) is 35.6 Å². The zero-order valence-corrected chi connectivity index (χ0v) is 19.1. The lowest BCUT2D eigenvalue weighted by molar-refractivity contribution is -0.137. The number of piperazine rings is 1. The van der Waals surface area contributed by atoms with Crippen LogP contribution in [0.15, 0.2) is 30.5 Å². The highest BCUT2D eigenvalue weighted by atomic mass is 19.4. The van der Waals surface area contributed by atoms with Crippen molar-refractivity contribution in [3.63, 3.8) is 0 Å². The second kappa shape index (κ2) is 10.3. The summed E-state index contributed by atoms with van der Waals surface area (Å²) in [5.41, 5.74) is 3.05. The molecule has 7 nitrogen and oxygen atoms in total. The van der Waals surface area contributed by atoms with Gasteiger partial charge in [-0.1, -0.05) is 12.1 Å². The van der Waals surface area contributed by atoms with Crippen molar-refractivity contribution in [2.75, 3.05) is 25.1 Å². The molecule has 2 atom stereocenters. The topological polar surface area (TPSA) is 77.2 Å². The maximum absolute atomic E-state index is 14.5. The molecule has 1 aromatic carbocycles. The lowest BCUT2D eigenvalue weighted by Crippen LogP contribution is -2.51. The second-order valence-corrected chi connectivity index (χ2v) is 8.13. The molecule has 1 amide bonds. The number of hydrogen-bond donors (Lipinski definition) is 1. The molecule has 2 unspecified atom stereocenters. The number of imidazole rings is 1. The molecule has 0 aliphatic carbocycles. The number of halogens is 4. The molecular formula is C23H26F4N6O. The lowest BCUT2D eigenvalue weighted by atomic mass is 10.0. The Hall–Kier alpha value is -3.39. The van der Waals surface area contributed by atoms with Gasteiger partial charge in [0.1, 0.15) is 5.82 Å². The van der Waals surface area contributed by atoms with Gasteiger partial charge in [0, 0.05) is 37.3 Å². The first-order valence-electron chi connectivity index (χ1n) is 10.8. The molecule has 2 aromatic rings. The molecular weight excluding hydrogens is 452 g/mol. The summed E-state index contributed by atoms with van der Waals surface area (Å²) in [7, 11) is 0. The van der Waals surface area contributed by atoms with Gasteiger partial charge in [-0.05, 0) is 32.9 Å².